The number of benzene rings is 1. The van der Waals surface area contributed by atoms with Crippen LogP contribution in [0.25, 0.3) is 10.9 Å². The van der Waals surface area contributed by atoms with Crippen LogP contribution in [0.5, 0.6) is 0 Å². The average Bonchev–Trinajstić information content (AvgIpc) is 3.24. The number of β-amino-alcohol motifs (C(OH)–C–C–N with tert-alkyl or cyclic N) is 1. The Bertz CT molecular complexity index is 832. The first-order valence-corrected chi connectivity index (χ1v) is 7.92. The molecule has 2 aromatic heterocycles. The van der Waals surface area contributed by atoms with E-state index < -0.39 is 5.60 Å². The van der Waals surface area contributed by atoms with E-state index in [1.54, 1.807) is 6.20 Å². The maximum atomic E-state index is 10.9. The summed E-state index contributed by atoms with van der Waals surface area (Å²) < 4.78 is 0. The Morgan fingerprint density at radius 2 is 2.22 bits per heavy atom. The first kappa shape index (κ1) is 14.1. The Kier molecular flexibility index (Phi) is 3.27. The predicted molar refractivity (Wildman–Crippen MR) is 88.2 cm³/mol. The van der Waals surface area contributed by atoms with Crippen molar-refractivity contribution in [2.75, 3.05) is 18.0 Å². The van der Waals surface area contributed by atoms with E-state index in [-0.39, 0.29) is 0 Å². The van der Waals surface area contributed by atoms with Gasteiger partial charge in [-0.05, 0) is 18.6 Å². The number of fused-ring (bicyclic) bond motifs is 1. The van der Waals surface area contributed by atoms with Gasteiger partial charge in [-0.15, -0.1) is 0 Å². The number of hydrogen-bond donors (Lipinski definition) is 2. The van der Waals surface area contributed by atoms with Gasteiger partial charge >= 0.3 is 0 Å². The van der Waals surface area contributed by atoms with E-state index in [0.29, 0.717) is 18.7 Å². The van der Waals surface area contributed by atoms with Crippen molar-refractivity contribution in [3.8, 4) is 0 Å². The maximum Gasteiger partial charge on any atom is 0.129 e. The van der Waals surface area contributed by atoms with Crippen molar-refractivity contribution in [2.24, 2.45) is 0 Å². The highest BCUT2D eigenvalue weighted by Gasteiger charge is 2.40. The molecule has 1 saturated heterocycles. The van der Waals surface area contributed by atoms with Crippen LogP contribution in [0.1, 0.15) is 24.7 Å². The Hall–Kier alpha value is -2.47. The van der Waals surface area contributed by atoms with E-state index >= 15 is 0 Å². The zero-order chi connectivity index (χ0) is 15.9. The highest BCUT2D eigenvalue weighted by molar-refractivity contribution is 5.92. The number of aromatic nitrogens is 4. The number of aryl methyl sites for hydroxylation is 1. The Balaban J connectivity index is 1.75. The van der Waals surface area contributed by atoms with Crippen LogP contribution in [-0.2, 0) is 12.0 Å². The summed E-state index contributed by atoms with van der Waals surface area (Å²) >= 11 is 0. The van der Waals surface area contributed by atoms with Crippen LogP contribution in [0.3, 0.4) is 0 Å². The zero-order valence-electron chi connectivity index (χ0n) is 13.0. The molecule has 1 aliphatic rings. The molecule has 0 amide bonds. The number of para-hydroxylation sites is 1. The van der Waals surface area contributed by atoms with Crippen molar-refractivity contribution in [3.05, 3.63) is 47.9 Å². The van der Waals surface area contributed by atoms with Gasteiger partial charge in [0.05, 0.1) is 18.3 Å². The first-order valence-electron chi connectivity index (χ1n) is 7.92. The number of anilines is 1. The van der Waals surface area contributed by atoms with E-state index in [1.165, 1.54) is 0 Å². The summed E-state index contributed by atoms with van der Waals surface area (Å²) in [6.45, 7) is 3.40. The lowest BCUT2D eigenvalue weighted by Gasteiger charge is -2.24. The third-order valence-corrected chi connectivity index (χ3v) is 4.59. The second-order valence-corrected chi connectivity index (χ2v) is 6.06. The Morgan fingerprint density at radius 1 is 1.35 bits per heavy atom. The van der Waals surface area contributed by atoms with Crippen LogP contribution < -0.4 is 4.90 Å². The molecule has 3 aromatic rings. The zero-order valence-corrected chi connectivity index (χ0v) is 13.0. The Morgan fingerprint density at radius 3 is 3.00 bits per heavy atom. The van der Waals surface area contributed by atoms with Crippen LogP contribution in [0.15, 0.2) is 36.5 Å². The van der Waals surface area contributed by atoms with Crippen molar-refractivity contribution in [2.45, 2.75) is 25.4 Å². The summed E-state index contributed by atoms with van der Waals surface area (Å²) in [7, 11) is 0. The van der Waals surface area contributed by atoms with Crippen molar-refractivity contribution in [1.29, 1.82) is 0 Å². The molecule has 1 aromatic carbocycles. The number of pyridine rings is 1. The van der Waals surface area contributed by atoms with Crippen molar-refractivity contribution >= 4 is 16.6 Å². The molecule has 0 radical (unpaired) electrons. The SMILES string of the molecule is CCc1cc(N2CCC(O)(c3cn[nH]n3)C2)c2ccccc2n1. The fourth-order valence-corrected chi connectivity index (χ4v) is 3.29. The molecule has 0 spiro atoms. The second kappa shape index (κ2) is 5.31. The number of nitrogens with one attached hydrogen (secondary N) is 1. The minimum Gasteiger partial charge on any atom is -0.381 e. The molecule has 4 rings (SSSR count). The van der Waals surface area contributed by atoms with E-state index in [2.05, 4.69) is 39.4 Å². The van der Waals surface area contributed by atoms with Crippen molar-refractivity contribution < 1.29 is 5.11 Å². The number of rotatable bonds is 3. The third kappa shape index (κ3) is 2.35. The molecule has 2 N–H and O–H groups in total. The quantitative estimate of drug-likeness (QED) is 0.774. The van der Waals surface area contributed by atoms with Crippen LogP contribution in [-0.4, -0.2) is 38.6 Å². The summed E-state index contributed by atoms with van der Waals surface area (Å²) in [4.78, 5) is 6.92. The standard InChI is InChI=1S/C17H19N5O/c1-2-12-9-15(13-5-3-4-6-14(13)19-12)22-8-7-17(23,11-22)16-10-18-21-20-16/h3-6,9-10,23H,2,7-8,11H2,1H3,(H,18,20,21). The molecule has 0 aliphatic carbocycles. The van der Waals surface area contributed by atoms with Gasteiger partial charge in [-0.1, -0.05) is 25.1 Å². The van der Waals surface area contributed by atoms with Crippen LogP contribution in [0, 0.1) is 0 Å². The number of hydrogen-bond acceptors (Lipinski definition) is 5. The molecule has 6 nitrogen and oxygen atoms in total. The fourth-order valence-electron chi connectivity index (χ4n) is 3.29. The normalized spacial score (nSPS) is 21.2. The first-order chi connectivity index (χ1) is 11.2. The summed E-state index contributed by atoms with van der Waals surface area (Å²) in [5.74, 6) is 0. The van der Waals surface area contributed by atoms with Gasteiger partial charge in [0.15, 0.2) is 0 Å². The lowest BCUT2D eigenvalue weighted by atomic mass is 10.00. The lowest BCUT2D eigenvalue weighted by Crippen LogP contribution is -2.31. The van der Waals surface area contributed by atoms with Gasteiger partial charge in [0.1, 0.15) is 11.3 Å². The molecule has 23 heavy (non-hydrogen) atoms. The van der Waals surface area contributed by atoms with Crippen LogP contribution in [0.2, 0.25) is 0 Å². The van der Waals surface area contributed by atoms with Gasteiger partial charge in [0.2, 0.25) is 0 Å². The lowest BCUT2D eigenvalue weighted by molar-refractivity contribution is 0.0560. The van der Waals surface area contributed by atoms with Gasteiger partial charge < -0.3 is 10.0 Å². The fraction of sp³-hybridized carbons (Fsp3) is 0.353. The minimum atomic E-state index is -0.955. The third-order valence-electron chi connectivity index (χ3n) is 4.59. The van der Waals surface area contributed by atoms with Crippen molar-refractivity contribution in [3.63, 3.8) is 0 Å². The predicted octanol–water partition coefficient (Wildman–Crippen LogP) is 2.01. The molecular weight excluding hydrogens is 290 g/mol. The molecule has 1 fully saturated rings. The van der Waals surface area contributed by atoms with Crippen LogP contribution in [0.4, 0.5) is 5.69 Å². The minimum absolute atomic E-state index is 0.511. The van der Waals surface area contributed by atoms with E-state index in [4.69, 9.17) is 4.98 Å². The van der Waals surface area contributed by atoms with E-state index in [0.717, 1.165) is 35.2 Å². The maximum absolute atomic E-state index is 10.9. The number of aliphatic hydroxyl groups is 1. The molecule has 6 heteroatoms. The molecule has 1 atom stereocenters. The number of nitrogens with zero attached hydrogens (tertiary/aromatic N) is 4. The van der Waals surface area contributed by atoms with E-state index in [9.17, 15) is 5.11 Å². The summed E-state index contributed by atoms with van der Waals surface area (Å²) in [6.07, 6.45) is 3.13. The topological polar surface area (TPSA) is 77.9 Å². The highest BCUT2D eigenvalue weighted by atomic mass is 16.3. The molecule has 1 unspecified atom stereocenters. The molecule has 3 heterocycles. The molecule has 0 saturated carbocycles. The number of H-pyrrole nitrogens is 1. The highest BCUT2D eigenvalue weighted by Crippen LogP contribution is 2.36. The van der Waals surface area contributed by atoms with Crippen LogP contribution >= 0.6 is 0 Å². The van der Waals surface area contributed by atoms with Gasteiger partial charge in [0, 0.05) is 29.7 Å². The van der Waals surface area contributed by atoms with Gasteiger partial charge in [-0.2, -0.15) is 15.4 Å². The van der Waals surface area contributed by atoms with Gasteiger partial charge in [-0.25, -0.2) is 0 Å². The molecule has 1 aliphatic heterocycles. The van der Waals surface area contributed by atoms with Crippen molar-refractivity contribution in [1.82, 2.24) is 20.4 Å². The Labute approximate surface area is 134 Å². The monoisotopic (exact) mass is 309 g/mol. The summed E-state index contributed by atoms with van der Waals surface area (Å²) in [6, 6.07) is 10.3. The molecule has 118 valence electrons. The van der Waals surface area contributed by atoms with Gasteiger partial charge in [-0.3, -0.25) is 4.98 Å². The second-order valence-electron chi connectivity index (χ2n) is 6.06. The van der Waals surface area contributed by atoms with Gasteiger partial charge in [0.25, 0.3) is 0 Å². The average molecular weight is 309 g/mol. The summed E-state index contributed by atoms with van der Waals surface area (Å²) in [5.41, 5.74) is 2.85. The smallest absolute Gasteiger partial charge is 0.129 e. The molecular formula is C17H19N5O. The number of aromatic amines is 1. The molecule has 0 bridgehead atoms. The van der Waals surface area contributed by atoms with E-state index in [1.807, 2.05) is 18.2 Å². The largest absolute Gasteiger partial charge is 0.381 e. The summed E-state index contributed by atoms with van der Waals surface area (Å²) in [5, 5.41) is 22.5.